The highest BCUT2D eigenvalue weighted by molar-refractivity contribution is 6.12. The maximum atomic E-state index is 12.4. The predicted octanol–water partition coefficient (Wildman–Crippen LogP) is 5.41. The van der Waals surface area contributed by atoms with Crippen LogP contribution in [-0.2, 0) is 9.53 Å². The highest BCUT2D eigenvalue weighted by Crippen LogP contribution is 2.26. The average molecular weight is 428 g/mol. The molecule has 1 heterocycles. The Labute approximate surface area is 188 Å². The number of aryl methyl sites for hydroxylation is 3. The Morgan fingerprint density at radius 1 is 0.875 bits per heavy atom. The topological polar surface area (TPSA) is 57.1 Å². The van der Waals surface area contributed by atoms with Crippen molar-refractivity contribution in [3.8, 4) is 11.5 Å². The van der Waals surface area contributed by atoms with Crippen LogP contribution in [0.3, 0.4) is 0 Å². The number of hydrogen-bond donors (Lipinski definition) is 0. The molecule has 0 fully saturated rings. The zero-order chi connectivity index (χ0) is 22.5. The van der Waals surface area contributed by atoms with Gasteiger partial charge < -0.3 is 14.2 Å². The van der Waals surface area contributed by atoms with Crippen molar-refractivity contribution in [1.82, 2.24) is 0 Å². The van der Waals surface area contributed by atoms with Crippen molar-refractivity contribution in [2.24, 2.45) is 4.99 Å². The average Bonchev–Trinajstić information content (AvgIpc) is 3.16. The normalized spacial score (nSPS) is 14.3. The molecule has 0 aromatic heterocycles. The van der Waals surface area contributed by atoms with Gasteiger partial charge in [-0.3, -0.25) is 0 Å². The van der Waals surface area contributed by atoms with E-state index < -0.39 is 5.97 Å². The molecule has 4 rings (SSSR count). The van der Waals surface area contributed by atoms with Crippen molar-refractivity contribution in [2.45, 2.75) is 20.8 Å². The smallest absolute Gasteiger partial charge is 0.363 e. The van der Waals surface area contributed by atoms with Gasteiger partial charge in [-0.25, -0.2) is 9.79 Å². The summed E-state index contributed by atoms with van der Waals surface area (Å²) in [5.41, 5.74) is 5.23. The fourth-order valence-electron chi connectivity index (χ4n) is 3.29. The maximum Gasteiger partial charge on any atom is 0.363 e. The minimum Gasteiger partial charge on any atom is -0.490 e. The van der Waals surface area contributed by atoms with E-state index in [1.165, 1.54) is 11.1 Å². The molecule has 0 radical (unpaired) electrons. The van der Waals surface area contributed by atoms with E-state index in [4.69, 9.17) is 14.2 Å². The summed E-state index contributed by atoms with van der Waals surface area (Å²) in [7, 11) is 0. The second kappa shape index (κ2) is 9.52. The van der Waals surface area contributed by atoms with Gasteiger partial charge in [0.2, 0.25) is 5.90 Å². The summed E-state index contributed by atoms with van der Waals surface area (Å²) < 4.78 is 17.1. The quantitative estimate of drug-likeness (QED) is 0.287. The van der Waals surface area contributed by atoms with Gasteiger partial charge in [-0.2, -0.15) is 0 Å². The molecule has 3 aromatic rings. The first-order valence-electron chi connectivity index (χ1n) is 10.5. The molecule has 0 saturated carbocycles. The zero-order valence-corrected chi connectivity index (χ0v) is 18.4. The van der Waals surface area contributed by atoms with Gasteiger partial charge in [0.1, 0.15) is 24.7 Å². The Morgan fingerprint density at radius 2 is 1.66 bits per heavy atom. The Bertz CT molecular complexity index is 1200. The van der Waals surface area contributed by atoms with Crippen LogP contribution in [0.5, 0.6) is 11.5 Å². The van der Waals surface area contributed by atoms with Gasteiger partial charge in [-0.05, 0) is 74.4 Å². The van der Waals surface area contributed by atoms with E-state index in [0.29, 0.717) is 24.9 Å². The Balaban J connectivity index is 1.46. The van der Waals surface area contributed by atoms with Crippen LogP contribution in [0.2, 0.25) is 0 Å². The van der Waals surface area contributed by atoms with Gasteiger partial charge in [0.25, 0.3) is 0 Å². The highest BCUT2D eigenvalue weighted by Gasteiger charge is 2.24. The SMILES string of the molecule is Cc1ccc(OCCOc2ccc(C)c(C)c2)c(/C=C2/N=C(c3ccccc3)OC2=O)c1. The van der Waals surface area contributed by atoms with E-state index in [1.54, 1.807) is 6.08 Å². The van der Waals surface area contributed by atoms with Crippen molar-refractivity contribution in [2.75, 3.05) is 13.2 Å². The third-order valence-electron chi connectivity index (χ3n) is 5.19. The molecule has 32 heavy (non-hydrogen) atoms. The number of carbonyl (C=O) groups excluding carboxylic acids is 1. The van der Waals surface area contributed by atoms with Crippen LogP contribution in [-0.4, -0.2) is 25.1 Å². The van der Waals surface area contributed by atoms with Crippen LogP contribution in [0.4, 0.5) is 0 Å². The molecule has 162 valence electrons. The van der Waals surface area contributed by atoms with Crippen LogP contribution >= 0.6 is 0 Å². The van der Waals surface area contributed by atoms with Gasteiger partial charge in [0, 0.05) is 11.1 Å². The second-order valence-corrected chi connectivity index (χ2v) is 7.69. The zero-order valence-electron chi connectivity index (χ0n) is 18.4. The fraction of sp³-hybridized carbons (Fsp3) is 0.185. The second-order valence-electron chi connectivity index (χ2n) is 7.69. The molecule has 5 nitrogen and oxygen atoms in total. The number of aliphatic imine (C=N–C) groups is 1. The predicted molar refractivity (Wildman–Crippen MR) is 125 cm³/mol. The molecule has 0 spiro atoms. The monoisotopic (exact) mass is 427 g/mol. The molecule has 1 aliphatic rings. The van der Waals surface area contributed by atoms with Crippen molar-refractivity contribution in [3.63, 3.8) is 0 Å². The summed E-state index contributed by atoms with van der Waals surface area (Å²) >= 11 is 0. The van der Waals surface area contributed by atoms with Crippen LogP contribution in [0.25, 0.3) is 6.08 Å². The Hall–Kier alpha value is -3.86. The van der Waals surface area contributed by atoms with Crippen molar-refractivity contribution < 1.29 is 19.0 Å². The lowest BCUT2D eigenvalue weighted by atomic mass is 10.1. The molecular formula is C27H25NO4. The van der Waals surface area contributed by atoms with Crippen molar-refractivity contribution >= 4 is 17.9 Å². The Morgan fingerprint density at radius 3 is 2.44 bits per heavy atom. The molecule has 0 aliphatic carbocycles. The number of rotatable bonds is 7. The van der Waals surface area contributed by atoms with Crippen LogP contribution < -0.4 is 9.47 Å². The summed E-state index contributed by atoms with van der Waals surface area (Å²) in [6, 6.07) is 21.2. The summed E-state index contributed by atoms with van der Waals surface area (Å²) in [4.78, 5) is 16.7. The molecule has 0 atom stereocenters. The largest absolute Gasteiger partial charge is 0.490 e. The first-order chi connectivity index (χ1) is 15.5. The number of benzene rings is 3. The first-order valence-corrected chi connectivity index (χ1v) is 10.5. The number of carbonyl (C=O) groups is 1. The lowest BCUT2D eigenvalue weighted by Gasteiger charge is -2.12. The first kappa shape index (κ1) is 21.4. The van der Waals surface area contributed by atoms with E-state index in [-0.39, 0.29) is 5.70 Å². The lowest BCUT2D eigenvalue weighted by Crippen LogP contribution is -2.10. The fourth-order valence-corrected chi connectivity index (χ4v) is 3.29. The molecule has 0 N–H and O–H groups in total. The van der Waals surface area contributed by atoms with E-state index in [1.807, 2.05) is 73.7 Å². The van der Waals surface area contributed by atoms with E-state index in [9.17, 15) is 4.79 Å². The van der Waals surface area contributed by atoms with Crippen molar-refractivity contribution in [3.05, 3.63) is 100 Å². The van der Waals surface area contributed by atoms with Gasteiger partial charge in [0.05, 0.1) is 0 Å². The van der Waals surface area contributed by atoms with E-state index >= 15 is 0 Å². The summed E-state index contributed by atoms with van der Waals surface area (Å²) in [5.74, 6) is 1.30. The van der Waals surface area contributed by atoms with E-state index in [0.717, 1.165) is 22.4 Å². The van der Waals surface area contributed by atoms with Gasteiger partial charge in [-0.1, -0.05) is 35.9 Å². The summed E-state index contributed by atoms with van der Waals surface area (Å²) in [6.07, 6.45) is 1.70. The highest BCUT2D eigenvalue weighted by atomic mass is 16.6. The van der Waals surface area contributed by atoms with Crippen LogP contribution in [0.15, 0.2) is 77.4 Å². The minimum atomic E-state index is -0.477. The summed E-state index contributed by atoms with van der Waals surface area (Å²) in [5, 5.41) is 0. The molecule has 5 heteroatoms. The maximum absolute atomic E-state index is 12.4. The van der Waals surface area contributed by atoms with Gasteiger partial charge in [0.15, 0.2) is 5.70 Å². The molecule has 0 saturated heterocycles. The third kappa shape index (κ3) is 5.06. The standard InChI is InChI=1S/C27H25NO4/c1-18-9-12-25(31-14-13-30-23-11-10-19(2)20(3)16-23)22(15-18)17-24-27(29)32-26(28-24)21-7-5-4-6-8-21/h4-12,15-17H,13-14H2,1-3H3/b24-17+. The Kier molecular flexibility index (Phi) is 6.36. The molecular weight excluding hydrogens is 402 g/mol. The number of cyclic esters (lactones) is 1. The minimum absolute atomic E-state index is 0.241. The van der Waals surface area contributed by atoms with E-state index in [2.05, 4.69) is 18.8 Å². The molecule has 1 aliphatic heterocycles. The number of ether oxygens (including phenoxy) is 3. The molecule has 3 aromatic carbocycles. The van der Waals surface area contributed by atoms with Crippen LogP contribution in [0.1, 0.15) is 27.8 Å². The molecule has 0 bridgehead atoms. The van der Waals surface area contributed by atoms with Gasteiger partial charge in [-0.15, -0.1) is 0 Å². The summed E-state index contributed by atoms with van der Waals surface area (Å²) in [6.45, 7) is 6.90. The lowest BCUT2D eigenvalue weighted by molar-refractivity contribution is -0.129. The molecule has 0 unspecified atom stereocenters. The number of esters is 1. The number of hydrogen-bond acceptors (Lipinski definition) is 5. The van der Waals surface area contributed by atoms with Crippen LogP contribution in [0, 0.1) is 20.8 Å². The third-order valence-corrected chi connectivity index (χ3v) is 5.19. The van der Waals surface area contributed by atoms with Crippen molar-refractivity contribution in [1.29, 1.82) is 0 Å². The van der Waals surface area contributed by atoms with Gasteiger partial charge >= 0.3 is 5.97 Å². The molecule has 0 amide bonds. The number of nitrogens with zero attached hydrogens (tertiary/aromatic N) is 1.